The van der Waals surface area contributed by atoms with Crippen LogP contribution in [0.3, 0.4) is 0 Å². The number of rotatable bonds is 12. The maximum absolute atomic E-state index is 3.58. The second kappa shape index (κ2) is 18.1. The Morgan fingerprint density at radius 1 is 0.327 bits per heavy atom. The minimum absolute atomic E-state index is 0.763. The van der Waals surface area contributed by atoms with E-state index in [0.717, 1.165) is 53.8 Å². The molecule has 0 fully saturated rings. The second-order valence-corrected chi connectivity index (χ2v) is 18.3. The van der Waals surface area contributed by atoms with Crippen LogP contribution < -0.4 is 20.9 Å². The molecule has 0 spiro atoms. The molecule has 10 heteroatoms. The number of hydrogen-bond donors (Lipinski definition) is 3. The van der Waals surface area contributed by atoms with Gasteiger partial charge in [0.25, 0.3) is 0 Å². The minimum Gasteiger partial charge on any atom is -0.381 e. The van der Waals surface area contributed by atoms with E-state index in [9.17, 15) is 0 Å². The van der Waals surface area contributed by atoms with Gasteiger partial charge in [0, 0.05) is 75.2 Å². The van der Waals surface area contributed by atoms with E-state index in [0.29, 0.717) is 0 Å². The molecule has 0 aliphatic rings. The maximum atomic E-state index is 3.58. The lowest BCUT2D eigenvalue weighted by molar-refractivity contribution is 1.13. The largest absolute Gasteiger partial charge is 0.381 e. The third kappa shape index (κ3) is 10.5. The third-order valence-electron chi connectivity index (χ3n) is 7.83. The van der Waals surface area contributed by atoms with Crippen LogP contribution in [0.5, 0.6) is 0 Å². The lowest BCUT2D eigenvalue weighted by atomic mass is 10.1. The summed E-state index contributed by atoms with van der Waals surface area (Å²) in [5.74, 6) is 0. The normalized spacial score (nSPS) is 10.9. The Morgan fingerprint density at radius 2 is 0.592 bits per heavy atom. The summed E-state index contributed by atoms with van der Waals surface area (Å²) in [6.45, 7) is 2.29. The van der Waals surface area contributed by atoms with Gasteiger partial charge >= 0.3 is 0 Å². The highest BCUT2D eigenvalue weighted by molar-refractivity contribution is 14.1. The molecule has 6 aromatic carbocycles. The SMILES string of the molecule is Ic1ccc(NCc2ccc(N(c3ccc(CNc4ccc(I)c(I)c4)cc3)c3ccc(CNc4ccc(I)c(I)c4)cc3)cc2)cc1I. The van der Waals surface area contributed by atoms with Crippen LogP contribution in [0, 0.1) is 21.4 Å². The molecule has 0 aliphatic heterocycles. The van der Waals surface area contributed by atoms with Crippen molar-refractivity contribution < 1.29 is 0 Å². The van der Waals surface area contributed by atoms with Gasteiger partial charge in [-0.2, -0.15) is 0 Å². The summed E-state index contributed by atoms with van der Waals surface area (Å²) < 4.78 is 7.57. The molecule has 49 heavy (non-hydrogen) atoms. The molecule has 0 saturated heterocycles. The number of nitrogens with zero attached hydrogens (tertiary/aromatic N) is 1. The van der Waals surface area contributed by atoms with Gasteiger partial charge < -0.3 is 20.9 Å². The molecule has 0 aromatic heterocycles. The van der Waals surface area contributed by atoms with Gasteiger partial charge in [-0.05, 0) is 243 Å². The van der Waals surface area contributed by atoms with Crippen LogP contribution >= 0.6 is 136 Å². The molecule has 6 rings (SSSR count). The van der Waals surface area contributed by atoms with E-state index in [-0.39, 0.29) is 0 Å². The first kappa shape index (κ1) is 37.7. The fourth-order valence-corrected chi connectivity index (χ4v) is 7.72. The zero-order valence-electron chi connectivity index (χ0n) is 26.0. The van der Waals surface area contributed by atoms with Gasteiger partial charge in [0.15, 0.2) is 0 Å². The van der Waals surface area contributed by atoms with Gasteiger partial charge in [-0.15, -0.1) is 0 Å². The van der Waals surface area contributed by atoms with E-state index in [1.165, 1.54) is 38.1 Å². The van der Waals surface area contributed by atoms with Crippen LogP contribution in [0.25, 0.3) is 0 Å². The number of anilines is 6. The summed E-state index contributed by atoms with van der Waals surface area (Å²) in [6, 6.07) is 46.1. The molecule has 0 amide bonds. The van der Waals surface area contributed by atoms with Crippen molar-refractivity contribution in [3.8, 4) is 0 Å². The first-order valence-corrected chi connectivity index (χ1v) is 21.8. The summed E-state index contributed by atoms with van der Waals surface area (Å²) in [4.78, 5) is 2.33. The quantitative estimate of drug-likeness (QED) is 0.107. The Balaban J connectivity index is 1.20. The molecule has 6 aromatic rings. The van der Waals surface area contributed by atoms with Gasteiger partial charge in [0.2, 0.25) is 0 Å². The van der Waals surface area contributed by atoms with Crippen LogP contribution in [0.4, 0.5) is 34.1 Å². The molecule has 248 valence electrons. The van der Waals surface area contributed by atoms with E-state index < -0.39 is 0 Å². The van der Waals surface area contributed by atoms with E-state index in [2.05, 4.69) is 284 Å². The van der Waals surface area contributed by atoms with Crippen molar-refractivity contribution in [3.63, 3.8) is 0 Å². The van der Waals surface area contributed by atoms with Crippen LogP contribution in [-0.4, -0.2) is 0 Å². The zero-order chi connectivity index (χ0) is 34.3. The Bertz CT molecular complexity index is 1800. The smallest absolute Gasteiger partial charge is 0.0461 e. The van der Waals surface area contributed by atoms with Crippen molar-refractivity contribution in [3.05, 3.63) is 166 Å². The minimum atomic E-state index is 0.763. The maximum Gasteiger partial charge on any atom is 0.0461 e. The van der Waals surface area contributed by atoms with Crippen molar-refractivity contribution in [2.45, 2.75) is 19.6 Å². The monoisotopic (exact) mass is 1320 g/mol. The highest BCUT2D eigenvalue weighted by Gasteiger charge is 2.13. The molecular weight excluding hydrogens is 1290 g/mol. The summed E-state index contributed by atoms with van der Waals surface area (Å²) in [5.41, 5.74) is 10.4. The Morgan fingerprint density at radius 3 is 0.837 bits per heavy atom. The summed E-state index contributed by atoms with van der Waals surface area (Å²) in [5, 5.41) is 10.7. The van der Waals surface area contributed by atoms with Crippen molar-refractivity contribution >= 4 is 170 Å². The average molecular weight is 1320 g/mol. The molecular formula is C39H30I6N4. The molecule has 4 nitrogen and oxygen atoms in total. The lowest BCUT2D eigenvalue weighted by Gasteiger charge is -2.26. The first-order chi connectivity index (χ1) is 23.7. The molecule has 3 N–H and O–H groups in total. The van der Waals surface area contributed by atoms with Crippen molar-refractivity contribution in [1.29, 1.82) is 0 Å². The number of hydrogen-bond acceptors (Lipinski definition) is 4. The topological polar surface area (TPSA) is 39.3 Å². The first-order valence-electron chi connectivity index (χ1n) is 15.4. The average Bonchev–Trinajstić information content (AvgIpc) is 3.11. The number of nitrogens with one attached hydrogen (secondary N) is 3. The van der Waals surface area contributed by atoms with E-state index >= 15 is 0 Å². The van der Waals surface area contributed by atoms with Crippen molar-refractivity contribution in [2.75, 3.05) is 20.9 Å². The third-order valence-corrected chi connectivity index (χ3v) is 16.4. The van der Waals surface area contributed by atoms with Crippen LogP contribution in [0.1, 0.15) is 16.7 Å². The fourth-order valence-electron chi connectivity index (χ4n) is 5.17. The zero-order valence-corrected chi connectivity index (χ0v) is 38.9. The lowest BCUT2D eigenvalue weighted by Crippen LogP contribution is -2.11. The van der Waals surface area contributed by atoms with Crippen LogP contribution in [-0.2, 0) is 19.6 Å². The predicted molar refractivity (Wildman–Crippen MR) is 259 cm³/mol. The molecule has 0 atom stereocenters. The molecule has 0 heterocycles. The van der Waals surface area contributed by atoms with Crippen LogP contribution in [0.2, 0.25) is 0 Å². The van der Waals surface area contributed by atoms with E-state index in [1.807, 2.05) is 0 Å². The Kier molecular flexibility index (Phi) is 13.9. The summed E-state index contributed by atoms with van der Waals surface area (Å²) in [7, 11) is 0. The Labute approximate surface area is 370 Å². The van der Waals surface area contributed by atoms with Crippen molar-refractivity contribution in [2.24, 2.45) is 0 Å². The summed E-state index contributed by atoms with van der Waals surface area (Å²) in [6.07, 6.45) is 0. The van der Waals surface area contributed by atoms with Gasteiger partial charge in [-0.1, -0.05) is 36.4 Å². The highest BCUT2D eigenvalue weighted by atomic mass is 127. The molecule has 0 saturated carbocycles. The van der Waals surface area contributed by atoms with Gasteiger partial charge in [0.05, 0.1) is 0 Å². The van der Waals surface area contributed by atoms with Crippen molar-refractivity contribution in [1.82, 2.24) is 0 Å². The van der Waals surface area contributed by atoms with E-state index in [1.54, 1.807) is 0 Å². The highest BCUT2D eigenvalue weighted by Crippen LogP contribution is 2.35. The van der Waals surface area contributed by atoms with Gasteiger partial charge in [-0.25, -0.2) is 0 Å². The predicted octanol–water partition coefficient (Wildman–Crippen LogP) is 13.6. The molecule has 0 bridgehead atoms. The second-order valence-electron chi connectivity index (χ2n) is 11.3. The van der Waals surface area contributed by atoms with Crippen LogP contribution in [0.15, 0.2) is 127 Å². The molecule has 0 radical (unpaired) electrons. The number of halogens is 6. The standard InChI is InChI=1S/C39H30I6N4/c40-34-16-7-28(19-37(34)43)46-22-25-1-10-31(11-2-25)49(32-12-3-26(4-13-32)23-47-29-8-17-35(41)38(44)20-29)33-14-5-27(6-15-33)24-48-30-9-18-36(42)39(45)21-30/h1-21,46-48H,22-24H2. The fraction of sp³-hybridized carbons (Fsp3) is 0.0769. The van der Waals surface area contributed by atoms with Gasteiger partial charge in [-0.3, -0.25) is 0 Å². The number of benzene rings is 6. The van der Waals surface area contributed by atoms with Gasteiger partial charge in [0.1, 0.15) is 0 Å². The molecule has 0 aliphatic carbocycles. The molecule has 0 unspecified atom stereocenters. The summed E-state index contributed by atoms with van der Waals surface area (Å²) >= 11 is 14.3. The Hall–Kier alpha value is -1.10. The van der Waals surface area contributed by atoms with E-state index in [4.69, 9.17) is 0 Å².